The first-order valence-electron chi connectivity index (χ1n) is 6.47. The number of hydrogen-bond acceptors (Lipinski definition) is 1. The van der Waals surface area contributed by atoms with Gasteiger partial charge in [-0.25, -0.2) is 4.39 Å². The van der Waals surface area contributed by atoms with Crippen molar-refractivity contribution in [1.82, 2.24) is 5.32 Å². The summed E-state index contributed by atoms with van der Waals surface area (Å²) in [6.45, 7) is 4.61. The molecule has 0 saturated heterocycles. The maximum Gasteiger partial charge on any atom is 0.126 e. The molecule has 0 amide bonds. The van der Waals surface area contributed by atoms with E-state index < -0.39 is 0 Å². The quantitative estimate of drug-likeness (QED) is 0.789. The maximum atomic E-state index is 13.4. The Balaban J connectivity index is 2.47. The van der Waals surface area contributed by atoms with Crippen LogP contribution in [-0.4, -0.2) is 6.54 Å². The summed E-state index contributed by atoms with van der Waals surface area (Å²) in [5, 5.41) is 4.09. The largest absolute Gasteiger partial charge is 0.306 e. The van der Waals surface area contributed by atoms with Gasteiger partial charge in [-0.3, -0.25) is 0 Å². The van der Waals surface area contributed by atoms with Crippen LogP contribution < -0.4 is 5.32 Å². The van der Waals surface area contributed by atoms with E-state index in [0.29, 0.717) is 10.6 Å². The molecule has 1 unspecified atom stereocenters. The van der Waals surface area contributed by atoms with Gasteiger partial charge in [0.25, 0.3) is 0 Å². The van der Waals surface area contributed by atoms with Gasteiger partial charge in [0.15, 0.2) is 0 Å². The van der Waals surface area contributed by atoms with Crippen LogP contribution in [0, 0.1) is 12.7 Å². The van der Waals surface area contributed by atoms with E-state index in [2.05, 4.69) is 21.2 Å². The molecule has 0 saturated carbocycles. The number of aryl methyl sites for hydroxylation is 1. The second-order valence-corrected chi connectivity index (χ2v) is 5.99. The number of benzene rings is 2. The molecule has 1 N–H and O–H groups in total. The van der Waals surface area contributed by atoms with Crippen molar-refractivity contribution in [2.75, 3.05) is 6.54 Å². The van der Waals surface area contributed by atoms with Crippen molar-refractivity contribution in [1.29, 1.82) is 0 Å². The molecular weight excluding hydrogens is 341 g/mol. The highest BCUT2D eigenvalue weighted by atomic mass is 79.9. The van der Waals surface area contributed by atoms with Crippen molar-refractivity contribution in [3.05, 3.63) is 68.4 Å². The average Bonchev–Trinajstić information content (AvgIpc) is 2.40. The van der Waals surface area contributed by atoms with E-state index in [1.54, 1.807) is 13.0 Å². The minimum Gasteiger partial charge on any atom is -0.306 e. The Morgan fingerprint density at radius 3 is 2.60 bits per heavy atom. The molecule has 2 aromatic carbocycles. The smallest absolute Gasteiger partial charge is 0.126 e. The number of halogens is 3. The predicted molar refractivity (Wildman–Crippen MR) is 85.8 cm³/mol. The second kappa shape index (κ2) is 6.70. The van der Waals surface area contributed by atoms with Gasteiger partial charge in [-0.05, 0) is 48.4 Å². The monoisotopic (exact) mass is 355 g/mol. The van der Waals surface area contributed by atoms with Gasteiger partial charge in [-0.2, -0.15) is 0 Å². The molecule has 0 heterocycles. The number of rotatable bonds is 4. The van der Waals surface area contributed by atoms with Crippen LogP contribution in [0.3, 0.4) is 0 Å². The highest BCUT2D eigenvalue weighted by molar-refractivity contribution is 9.10. The second-order valence-electron chi connectivity index (χ2n) is 4.67. The normalized spacial score (nSPS) is 12.4. The SMILES string of the molecule is CCNC(c1ccc(F)c(C)c1)c1ccc(Br)cc1Cl. The highest BCUT2D eigenvalue weighted by Crippen LogP contribution is 2.31. The lowest BCUT2D eigenvalue weighted by Crippen LogP contribution is -2.22. The molecule has 2 aromatic rings. The Morgan fingerprint density at radius 2 is 2.00 bits per heavy atom. The number of hydrogen-bond donors (Lipinski definition) is 1. The van der Waals surface area contributed by atoms with E-state index in [9.17, 15) is 4.39 Å². The van der Waals surface area contributed by atoms with Gasteiger partial charge in [0.2, 0.25) is 0 Å². The van der Waals surface area contributed by atoms with Crippen molar-refractivity contribution in [2.45, 2.75) is 19.9 Å². The lowest BCUT2D eigenvalue weighted by atomic mass is 9.97. The molecule has 0 aliphatic heterocycles. The molecule has 0 bridgehead atoms. The summed E-state index contributed by atoms with van der Waals surface area (Å²) in [5.74, 6) is -0.189. The Kier molecular flexibility index (Phi) is 5.19. The minimum atomic E-state index is -0.189. The zero-order valence-electron chi connectivity index (χ0n) is 11.4. The highest BCUT2D eigenvalue weighted by Gasteiger charge is 2.17. The number of nitrogens with one attached hydrogen (secondary N) is 1. The third-order valence-corrected chi connectivity index (χ3v) is 4.02. The molecule has 0 fully saturated rings. The average molecular weight is 357 g/mol. The van der Waals surface area contributed by atoms with Gasteiger partial charge < -0.3 is 5.32 Å². The molecular formula is C16H16BrClFN. The Bertz CT molecular complexity index is 615. The third-order valence-electron chi connectivity index (χ3n) is 3.20. The molecule has 20 heavy (non-hydrogen) atoms. The molecule has 0 radical (unpaired) electrons. The molecule has 0 aromatic heterocycles. The lowest BCUT2D eigenvalue weighted by Gasteiger charge is -2.21. The summed E-state index contributed by atoms with van der Waals surface area (Å²) in [6.07, 6.45) is 0. The maximum absolute atomic E-state index is 13.4. The Hall–Kier alpha value is -0.900. The van der Waals surface area contributed by atoms with Crippen LogP contribution in [0.4, 0.5) is 4.39 Å². The zero-order chi connectivity index (χ0) is 14.7. The first kappa shape index (κ1) is 15.5. The summed E-state index contributed by atoms with van der Waals surface area (Å²) in [5.41, 5.74) is 2.64. The van der Waals surface area contributed by atoms with E-state index in [0.717, 1.165) is 22.1 Å². The van der Waals surface area contributed by atoms with E-state index in [1.807, 2.05) is 31.2 Å². The van der Waals surface area contributed by atoms with Crippen LogP contribution in [-0.2, 0) is 0 Å². The van der Waals surface area contributed by atoms with Gasteiger partial charge in [-0.15, -0.1) is 0 Å². The predicted octanol–water partition coefficient (Wildman–Crippen LogP) is 5.25. The van der Waals surface area contributed by atoms with Crippen LogP contribution in [0.2, 0.25) is 5.02 Å². The fraction of sp³-hybridized carbons (Fsp3) is 0.250. The van der Waals surface area contributed by atoms with E-state index in [4.69, 9.17) is 11.6 Å². The van der Waals surface area contributed by atoms with Crippen LogP contribution >= 0.6 is 27.5 Å². The van der Waals surface area contributed by atoms with E-state index in [1.165, 1.54) is 6.07 Å². The summed E-state index contributed by atoms with van der Waals surface area (Å²) >= 11 is 9.74. The summed E-state index contributed by atoms with van der Waals surface area (Å²) in [4.78, 5) is 0. The van der Waals surface area contributed by atoms with Crippen molar-refractivity contribution in [3.63, 3.8) is 0 Å². The van der Waals surface area contributed by atoms with Crippen molar-refractivity contribution >= 4 is 27.5 Å². The van der Waals surface area contributed by atoms with Crippen molar-refractivity contribution in [2.24, 2.45) is 0 Å². The minimum absolute atomic E-state index is 0.0418. The summed E-state index contributed by atoms with van der Waals surface area (Å²) in [7, 11) is 0. The molecule has 0 spiro atoms. The lowest BCUT2D eigenvalue weighted by molar-refractivity contribution is 0.606. The standard InChI is InChI=1S/C16H16BrClFN/c1-3-20-16(11-4-7-15(19)10(2)8-11)13-6-5-12(17)9-14(13)18/h4-9,16,20H,3H2,1-2H3. The van der Waals surface area contributed by atoms with E-state index >= 15 is 0 Å². The Labute approximate surface area is 132 Å². The zero-order valence-corrected chi connectivity index (χ0v) is 13.7. The molecule has 0 aliphatic carbocycles. The van der Waals surface area contributed by atoms with Gasteiger partial charge in [0.1, 0.15) is 5.82 Å². The van der Waals surface area contributed by atoms with Gasteiger partial charge in [-0.1, -0.05) is 52.7 Å². The Morgan fingerprint density at radius 1 is 1.25 bits per heavy atom. The molecule has 1 atom stereocenters. The van der Waals surface area contributed by atoms with Crippen LogP contribution in [0.25, 0.3) is 0 Å². The molecule has 0 aliphatic rings. The fourth-order valence-electron chi connectivity index (χ4n) is 2.19. The van der Waals surface area contributed by atoms with Crippen LogP contribution in [0.1, 0.15) is 29.7 Å². The first-order valence-corrected chi connectivity index (χ1v) is 7.64. The molecule has 1 nitrogen and oxygen atoms in total. The molecule has 2 rings (SSSR count). The van der Waals surface area contributed by atoms with Crippen LogP contribution in [0.15, 0.2) is 40.9 Å². The van der Waals surface area contributed by atoms with E-state index in [-0.39, 0.29) is 11.9 Å². The topological polar surface area (TPSA) is 12.0 Å². The van der Waals surface area contributed by atoms with Gasteiger partial charge in [0.05, 0.1) is 6.04 Å². The summed E-state index contributed by atoms with van der Waals surface area (Å²) in [6, 6.07) is 10.9. The van der Waals surface area contributed by atoms with Crippen LogP contribution in [0.5, 0.6) is 0 Å². The first-order chi connectivity index (χ1) is 9.52. The van der Waals surface area contributed by atoms with Gasteiger partial charge >= 0.3 is 0 Å². The fourth-order valence-corrected chi connectivity index (χ4v) is 2.98. The van der Waals surface area contributed by atoms with Gasteiger partial charge in [0, 0.05) is 9.50 Å². The summed E-state index contributed by atoms with van der Waals surface area (Å²) < 4.78 is 14.4. The molecule has 106 valence electrons. The van der Waals surface area contributed by atoms with Crippen molar-refractivity contribution < 1.29 is 4.39 Å². The van der Waals surface area contributed by atoms with Crippen molar-refractivity contribution in [3.8, 4) is 0 Å². The molecule has 4 heteroatoms. The third kappa shape index (κ3) is 3.40.